The maximum atomic E-state index is 11.7. The zero-order valence-electron chi connectivity index (χ0n) is 14.1. The first-order valence-electron chi connectivity index (χ1n) is 7.69. The standard InChI is InChI=1S/C17H27IN2O2/c1-6-15(11-19-16(21)22-17(3,4)5)20-12(2)13-7-9-14(18)10-8-13/h7-10,12,15,20H,6,11H2,1-5H3,(H,19,21). The van der Waals surface area contributed by atoms with Gasteiger partial charge in [0.05, 0.1) is 0 Å². The summed E-state index contributed by atoms with van der Waals surface area (Å²) in [6.07, 6.45) is 0.569. The van der Waals surface area contributed by atoms with E-state index >= 15 is 0 Å². The Kier molecular flexibility index (Phi) is 7.62. The van der Waals surface area contributed by atoms with Gasteiger partial charge in [0.15, 0.2) is 0 Å². The Bertz CT molecular complexity index is 469. The van der Waals surface area contributed by atoms with Crippen LogP contribution in [0.1, 0.15) is 52.6 Å². The van der Waals surface area contributed by atoms with E-state index < -0.39 is 5.60 Å². The van der Waals surface area contributed by atoms with Crippen molar-refractivity contribution in [3.63, 3.8) is 0 Å². The first-order valence-corrected chi connectivity index (χ1v) is 8.77. The van der Waals surface area contributed by atoms with E-state index in [9.17, 15) is 4.79 Å². The van der Waals surface area contributed by atoms with Crippen molar-refractivity contribution in [2.45, 2.75) is 58.7 Å². The average Bonchev–Trinajstić information content (AvgIpc) is 2.42. The Labute approximate surface area is 147 Å². The molecule has 5 heteroatoms. The number of hydrogen-bond acceptors (Lipinski definition) is 3. The Morgan fingerprint density at radius 1 is 1.27 bits per heavy atom. The number of carbonyl (C=O) groups excluding carboxylic acids is 1. The molecule has 0 aliphatic heterocycles. The van der Waals surface area contributed by atoms with Crippen LogP contribution in [0.2, 0.25) is 0 Å². The highest BCUT2D eigenvalue weighted by molar-refractivity contribution is 14.1. The SMILES string of the molecule is CCC(CNC(=O)OC(C)(C)C)NC(C)c1ccc(I)cc1. The maximum Gasteiger partial charge on any atom is 0.407 e. The quantitative estimate of drug-likeness (QED) is 0.680. The summed E-state index contributed by atoms with van der Waals surface area (Å²) in [6, 6.07) is 8.92. The fourth-order valence-electron chi connectivity index (χ4n) is 2.04. The fourth-order valence-corrected chi connectivity index (χ4v) is 2.40. The average molecular weight is 418 g/mol. The lowest BCUT2D eigenvalue weighted by Gasteiger charge is -2.24. The van der Waals surface area contributed by atoms with Crippen molar-refractivity contribution in [1.29, 1.82) is 0 Å². The third kappa shape index (κ3) is 7.45. The second-order valence-electron chi connectivity index (χ2n) is 6.43. The summed E-state index contributed by atoms with van der Waals surface area (Å²) in [4.78, 5) is 11.7. The number of hydrogen-bond donors (Lipinski definition) is 2. The van der Waals surface area contributed by atoms with Crippen molar-refractivity contribution in [3.8, 4) is 0 Å². The van der Waals surface area contributed by atoms with Crippen molar-refractivity contribution in [2.75, 3.05) is 6.54 Å². The van der Waals surface area contributed by atoms with E-state index in [1.807, 2.05) is 20.8 Å². The third-order valence-corrected chi connectivity index (χ3v) is 3.96. The summed E-state index contributed by atoms with van der Waals surface area (Å²) in [6.45, 7) is 10.4. The molecule has 0 heterocycles. The number of amides is 1. The number of halogens is 1. The minimum atomic E-state index is -0.465. The first kappa shape index (κ1) is 19.2. The molecule has 1 amide bonds. The minimum Gasteiger partial charge on any atom is -0.444 e. The van der Waals surface area contributed by atoms with Crippen molar-refractivity contribution < 1.29 is 9.53 Å². The molecule has 1 rings (SSSR count). The van der Waals surface area contributed by atoms with Crippen molar-refractivity contribution in [2.24, 2.45) is 0 Å². The molecule has 0 saturated heterocycles. The van der Waals surface area contributed by atoms with Crippen molar-refractivity contribution in [1.82, 2.24) is 10.6 Å². The Morgan fingerprint density at radius 2 is 1.86 bits per heavy atom. The van der Waals surface area contributed by atoms with Crippen LogP contribution >= 0.6 is 22.6 Å². The van der Waals surface area contributed by atoms with Crippen LogP contribution in [0.5, 0.6) is 0 Å². The second kappa shape index (κ2) is 8.72. The number of alkyl carbamates (subject to hydrolysis) is 1. The summed E-state index contributed by atoms with van der Waals surface area (Å²) in [5.74, 6) is 0. The molecule has 2 N–H and O–H groups in total. The molecule has 124 valence electrons. The lowest BCUT2D eigenvalue weighted by molar-refractivity contribution is 0.0521. The van der Waals surface area contributed by atoms with E-state index in [1.54, 1.807) is 0 Å². The van der Waals surface area contributed by atoms with Gasteiger partial charge in [-0.05, 0) is 74.4 Å². The zero-order valence-corrected chi connectivity index (χ0v) is 16.2. The number of nitrogens with one attached hydrogen (secondary N) is 2. The molecule has 0 aliphatic rings. The minimum absolute atomic E-state index is 0.210. The highest BCUT2D eigenvalue weighted by Crippen LogP contribution is 2.15. The van der Waals surface area contributed by atoms with E-state index in [2.05, 4.69) is 71.3 Å². The molecule has 2 unspecified atom stereocenters. The van der Waals surface area contributed by atoms with Crippen LogP contribution in [0.3, 0.4) is 0 Å². The molecular formula is C17H27IN2O2. The molecule has 2 atom stereocenters. The molecule has 0 fully saturated rings. The largest absolute Gasteiger partial charge is 0.444 e. The van der Waals surface area contributed by atoms with Crippen LogP contribution in [0.25, 0.3) is 0 Å². The molecule has 1 aromatic carbocycles. The van der Waals surface area contributed by atoms with Gasteiger partial charge in [-0.3, -0.25) is 0 Å². The predicted molar refractivity (Wildman–Crippen MR) is 99.0 cm³/mol. The lowest BCUT2D eigenvalue weighted by atomic mass is 10.1. The van der Waals surface area contributed by atoms with E-state index in [0.717, 1.165) is 6.42 Å². The van der Waals surface area contributed by atoms with Crippen LogP contribution in [-0.2, 0) is 4.74 Å². The molecule has 0 bridgehead atoms. The maximum absolute atomic E-state index is 11.7. The van der Waals surface area contributed by atoms with E-state index in [1.165, 1.54) is 9.13 Å². The predicted octanol–water partition coefficient (Wildman–Crippen LogP) is 4.25. The molecule has 4 nitrogen and oxygen atoms in total. The van der Waals surface area contributed by atoms with Gasteiger partial charge in [0.25, 0.3) is 0 Å². The molecule has 0 aliphatic carbocycles. The van der Waals surface area contributed by atoms with Crippen LogP contribution < -0.4 is 10.6 Å². The van der Waals surface area contributed by atoms with Gasteiger partial charge in [-0.25, -0.2) is 4.79 Å². The fraction of sp³-hybridized carbons (Fsp3) is 0.588. The molecule has 0 radical (unpaired) electrons. The topological polar surface area (TPSA) is 50.4 Å². The molecule has 0 aromatic heterocycles. The van der Waals surface area contributed by atoms with E-state index in [0.29, 0.717) is 6.54 Å². The summed E-state index contributed by atoms with van der Waals surface area (Å²) in [5, 5.41) is 6.38. The summed E-state index contributed by atoms with van der Waals surface area (Å²) in [5.41, 5.74) is 0.782. The Morgan fingerprint density at radius 3 is 2.36 bits per heavy atom. The summed E-state index contributed by atoms with van der Waals surface area (Å²) in [7, 11) is 0. The van der Waals surface area contributed by atoms with Gasteiger partial charge in [0.2, 0.25) is 0 Å². The van der Waals surface area contributed by atoms with Crippen molar-refractivity contribution >= 4 is 28.7 Å². The second-order valence-corrected chi connectivity index (χ2v) is 7.67. The van der Waals surface area contributed by atoms with Crippen LogP contribution in [0.4, 0.5) is 4.79 Å². The lowest BCUT2D eigenvalue weighted by Crippen LogP contribution is -2.43. The van der Waals surface area contributed by atoms with Gasteiger partial charge < -0.3 is 15.4 Å². The van der Waals surface area contributed by atoms with E-state index in [4.69, 9.17) is 4.74 Å². The summed E-state index contributed by atoms with van der Waals surface area (Å²) < 4.78 is 6.49. The van der Waals surface area contributed by atoms with Gasteiger partial charge >= 0.3 is 6.09 Å². The molecule has 22 heavy (non-hydrogen) atoms. The number of benzene rings is 1. The van der Waals surface area contributed by atoms with Gasteiger partial charge in [-0.2, -0.15) is 0 Å². The Hall–Kier alpha value is -0.820. The molecule has 0 saturated carbocycles. The Balaban J connectivity index is 2.47. The third-order valence-electron chi connectivity index (χ3n) is 3.24. The van der Waals surface area contributed by atoms with Gasteiger partial charge in [-0.15, -0.1) is 0 Å². The van der Waals surface area contributed by atoms with Gasteiger partial charge in [0.1, 0.15) is 5.60 Å². The van der Waals surface area contributed by atoms with Crippen LogP contribution in [0, 0.1) is 3.57 Å². The van der Waals surface area contributed by atoms with Crippen LogP contribution in [-0.4, -0.2) is 24.3 Å². The van der Waals surface area contributed by atoms with Gasteiger partial charge in [0, 0.05) is 22.2 Å². The first-order chi connectivity index (χ1) is 10.2. The van der Waals surface area contributed by atoms with E-state index in [-0.39, 0.29) is 18.2 Å². The number of rotatable bonds is 6. The highest BCUT2D eigenvalue weighted by atomic mass is 127. The molecule has 1 aromatic rings. The highest BCUT2D eigenvalue weighted by Gasteiger charge is 2.18. The summed E-state index contributed by atoms with van der Waals surface area (Å²) >= 11 is 2.30. The molecule has 0 spiro atoms. The zero-order chi connectivity index (χ0) is 16.8. The number of carbonyl (C=O) groups is 1. The number of ether oxygens (including phenoxy) is 1. The monoisotopic (exact) mass is 418 g/mol. The van der Waals surface area contributed by atoms with Crippen LogP contribution in [0.15, 0.2) is 24.3 Å². The van der Waals surface area contributed by atoms with Crippen molar-refractivity contribution in [3.05, 3.63) is 33.4 Å². The molecular weight excluding hydrogens is 391 g/mol. The normalized spacial score (nSPS) is 14.3. The smallest absolute Gasteiger partial charge is 0.407 e. The van der Waals surface area contributed by atoms with Gasteiger partial charge in [-0.1, -0.05) is 19.1 Å².